The lowest BCUT2D eigenvalue weighted by Gasteiger charge is -2.07. The topological polar surface area (TPSA) is 88.2 Å². The van der Waals surface area contributed by atoms with E-state index in [0.29, 0.717) is 12.5 Å². The van der Waals surface area contributed by atoms with Crippen molar-refractivity contribution in [2.45, 2.75) is 13.5 Å². The summed E-state index contributed by atoms with van der Waals surface area (Å²) in [6.45, 7) is 2.42. The van der Waals surface area contributed by atoms with Gasteiger partial charge in [0.15, 0.2) is 0 Å². The molecule has 6 nitrogen and oxygen atoms in total. The number of hydrogen-bond donors (Lipinski definition) is 3. The number of rotatable bonds is 2. The van der Waals surface area contributed by atoms with E-state index in [0.717, 1.165) is 11.5 Å². The maximum absolute atomic E-state index is 5.20. The maximum atomic E-state index is 5.20. The summed E-state index contributed by atoms with van der Waals surface area (Å²) in [5.41, 5.74) is 3.33. The van der Waals surface area contributed by atoms with Crippen molar-refractivity contribution in [2.75, 3.05) is 7.05 Å². The smallest absolute Gasteiger partial charge is 0.205 e. The van der Waals surface area contributed by atoms with Crippen LogP contribution in [0.25, 0.3) is 0 Å². The molecular weight excluding hydrogens is 180 g/mol. The molecule has 1 aromatic rings. The summed E-state index contributed by atoms with van der Waals surface area (Å²) in [6, 6.07) is 1.84. The molecule has 0 fully saturated rings. The lowest BCUT2D eigenvalue weighted by molar-refractivity contribution is 0.805. The Morgan fingerprint density at radius 2 is 2.43 bits per heavy atom. The van der Waals surface area contributed by atoms with E-state index >= 15 is 0 Å². The van der Waals surface area contributed by atoms with Gasteiger partial charge in [-0.2, -0.15) is 0 Å². The number of nitrogens with one attached hydrogen (secondary N) is 2. The molecular formula is C8H14N6. The average Bonchev–Trinajstić information content (AvgIpc) is 2.19. The highest BCUT2D eigenvalue weighted by Gasteiger charge is 1.97. The normalized spacial score (nSPS) is 11.2. The fourth-order valence-electron chi connectivity index (χ4n) is 0.973. The van der Waals surface area contributed by atoms with Gasteiger partial charge in [0.2, 0.25) is 5.96 Å². The summed E-state index contributed by atoms with van der Waals surface area (Å²) in [5, 5.41) is 2.99. The molecule has 1 aromatic heterocycles. The van der Waals surface area contributed by atoms with Crippen molar-refractivity contribution in [1.82, 2.24) is 20.7 Å². The molecule has 14 heavy (non-hydrogen) atoms. The predicted octanol–water partition coefficient (Wildman–Crippen LogP) is -0.676. The Kier molecular flexibility index (Phi) is 3.81. The summed E-state index contributed by atoms with van der Waals surface area (Å²) < 4.78 is 0. The van der Waals surface area contributed by atoms with E-state index in [1.54, 1.807) is 13.2 Å². The van der Waals surface area contributed by atoms with E-state index in [2.05, 4.69) is 25.7 Å². The zero-order chi connectivity index (χ0) is 10.4. The van der Waals surface area contributed by atoms with E-state index < -0.39 is 0 Å². The Labute approximate surface area is 82.6 Å². The Hall–Kier alpha value is -1.69. The minimum atomic E-state index is 0.529. The molecule has 1 rings (SSSR count). The van der Waals surface area contributed by atoms with Gasteiger partial charge in [0.25, 0.3) is 0 Å². The van der Waals surface area contributed by atoms with Gasteiger partial charge in [-0.05, 0) is 13.0 Å². The average molecular weight is 194 g/mol. The van der Waals surface area contributed by atoms with Crippen molar-refractivity contribution < 1.29 is 0 Å². The van der Waals surface area contributed by atoms with Gasteiger partial charge in [0.1, 0.15) is 5.82 Å². The first kappa shape index (κ1) is 10.4. The number of nitrogens with two attached hydrogens (primary N) is 1. The summed E-state index contributed by atoms with van der Waals surface area (Å²) in [4.78, 5) is 12.1. The molecule has 0 saturated heterocycles. The van der Waals surface area contributed by atoms with E-state index in [-0.39, 0.29) is 0 Å². The predicted molar refractivity (Wildman–Crippen MR) is 54.3 cm³/mol. The molecule has 0 unspecified atom stereocenters. The summed E-state index contributed by atoms with van der Waals surface area (Å²) in [5.74, 6) is 6.48. The molecule has 6 heteroatoms. The molecule has 1 heterocycles. The Balaban J connectivity index is 2.53. The molecule has 0 aliphatic rings. The van der Waals surface area contributed by atoms with E-state index in [9.17, 15) is 0 Å². The number of guanidine groups is 1. The van der Waals surface area contributed by atoms with Crippen LogP contribution in [0.1, 0.15) is 11.5 Å². The van der Waals surface area contributed by atoms with Crippen LogP contribution >= 0.6 is 0 Å². The van der Waals surface area contributed by atoms with Crippen LogP contribution in [0.2, 0.25) is 0 Å². The Bertz CT molecular complexity index is 321. The molecule has 76 valence electrons. The van der Waals surface area contributed by atoms with Gasteiger partial charge >= 0.3 is 0 Å². The third kappa shape index (κ3) is 2.98. The minimum absolute atomic E-state index is 0.529. The second-order valence-electron chi connectivity index (χ2n) is 2.67. The molecule has 0 spiro atoms. The quantitative estimate of drug-likeness (QED) is 0.251. The van der Waals surface area contributed by atoms with Crippen molar-refractivity contribution in [3.05, 3.63) is 23.8 Å². The lowest BCUT2D eigenvalue weighted by Crippen LogP contribution is -2.41. The maximum Gasteiger partial charge on any atom is 0.205 e. The molecule has 0 saturated carbocycles. The number of nitrogens with zero attached hydrogens (tertiary/aromatic N) is 3. The van der Waals surface area contributed by atoms with Crippen molar-refractivity contribution in [3.8, 4) is 0 Å². The molecule has 0 aromatic carbocycles. The summed E-state index contributed by atoms with van der Waals surface area (Å²) >= 11 is 0. The van der Waals surface area contributed by atoms with Gasteiger partial charge in [-0.15, -0.1) is 0 Å². The van der Waals surface area contributed by atoms with E-state index in [1.807, 2.05) is 13.0 Å². The van der Waals surface area contributed by atoms with E-state index in [1.165, 1.54) is 0 Å². The van der Waals surface area contributed by atoms with Gasteiger partial charge in [-0.25, -0.2) is 15.8 Å². The highest BCUT2D eigenvalue weighted by atomic mass is 15.3. The molecule has 0 aliphatic carbocycles. The Morgan fingerprint density at radius 3 is 3.00 bits per heavy atom. The monoisotopic (exact) mass is 194 g/mol. The first-order valence-corrected chi connectivity index (χ1v) is 4.22. The summed E-state index contributed by atoms with van der Waals surface area (Å²) in [6.07, 6.45) is 1.72. The highest BCUT2D eigenvalue weighted by molar-refractivity contribution is 5.78. The highest BCUT2D eigenvalue weighted by Crippen LogP contribution is 1.93. The first-order valence-electron chi connectivity index (χ1n) is 4.22. The molecule has 0 aliphatic heterocycles. The number of hydrazine groups is 1. The SMILES string of the molecule is CN=C(NN)NCc1ccnc(C)n1. The number of hydrogen-bond acceptors (Lipinski definition) is 4. The molecule has 0 amide bonds. The van der Waals surface area contributed by atoms with Gasteiger partial charge in [0, 0.05) is 13.2 Å². The molecule has 0 bridgehead atoms. The molecule has 0 radical (unpaired) electrons. The van der Waals surface area contributed by atoms with Crippen molar-refractivity contribution in [2.24, 2.45) is 10.8 Å². The van der Waals surface area contributed by atoms with E-state index in [4.69, 9.17) is 5.84 Å². The zero-order valence-corrected chi connectivity index (χ0v) is 8.28. The van der Waals surface area contributed by atoms with Crippen LogP contribution in [-0.4, -0.2) is 23.0 Å². The second-order valence-corrected chi connectivity index (χ2v) is 2.67. The molecule has 0 atom stereocenters. The summed E-state index contributed by atoms with van der Waals surface area (Å²) in [7, 11) is 1.65. The third-order valence-electron chi connectivity index (χ3n) is 1.63. The van der Waals surface area contributed by atoms with Crippen LogP contribution in [-0.2, 0) is 6.54 Å². The van der Waals surface area contributed by atoms with Gasteiger partial charge in [-0.1, -0.05) is 0 Å². The van der Waals surface area contributed by atoms with Crippen molar-refractivity contribution >= 4 is 5.96 Å². The van der Waals surface area contributed by atoms with Crippen molar-refractivity contribution in [3.63, 3.8) is 0 Å². The van der Waals surface area contributed by atoms with Crippen LogP contribution in [0.3, 0.4) is 0 Å². The largest absolute Gasteiger partial charge is 0.350 e. The van der Waals surface area contributed by atoms with Gasteiger partial charge < -0.3 is 5.32 Å². The number of aromatic nitrogens is 2. The standard InChI is InChI=1S/C8H14N6/c1-6-11-4-3-7(13-6)5-12-8(10-2)14-9/h3-4H,5,9H2,1-2H3,(H2,10,12,14). The zero-order valence-electron chi connectivity index (χ0n) is 8.28. The fraction of sp³-hybridized carbons (Fsp3) is 0.375. The second kappa shape index (κ2) is 5.13. The van der Waals surface area contributed by atoms with Gasteiger partial charge in [0.05, 0.1) is 12.2 Å². The third-order valence-corrected chi connectivity index (χ3v) is 1.63. The fourth-order valence-corrected chi connectivity index (χ4v) is 0.973. The minimum Gasteiger partial charge on any atom is -0.350 e. The number of aryl methyl sites for hydroxylation is 1. The Morgan fingerprint density at radius 1 is 1.64 bits per heavy atom. The van der Waals surface area contributed by atoms with Crippen molar-refractivity contribution in [1.29, 1.82) is 0 Å². The molecule has 4 N–H and O–H groups in total. The first-order chi connectivity index (χ1) is 6.76. The number of aliphatic imine (C=N–C) groups is 1. The van der Waals surface area contributed by atoms with Crippen LogP contribution in [0.4, 0.5) is 0 Å². The van der Waals surface area contributed by atoms with Gasteiger partial charge in [-0.3, -0.25) is 10.4 Å². The van der Waals surface area contributed by atoms with Crippen LogP contribution in [0.15, 0.2) is 17.3 Å². The lowest BCUT2D eigenvalue weighted by atomic mass is 10.4. The van der Waals surface area contributed by atoms with Crippen LogP contribution in [0, 0.1) is 6.92 Å². The van der Waals surface area contributed by atoms with Crippen LogP contribution in [0.5, 0.6) is 0 Å². The van der Waals surface area contributed by atoms with Crippen LogP contribution < -0.4 is 16.6 Å².